The molecule has 2 amide bonds. The van der Waals surface area contributed by atoms with Gasteiger partial charge in [0.25, 0.3) is 5.91 Å². The minimum absolute atomic E-state index is 0.0632. The predicted molar refractivity (Wildman–Crippen MR) is 98.0 cm³/mol. The average molecular weight is 382 g/mol. The van der Waals surface area contributed by atoms with Gasteiger partial charge < -0.3 is 16.0 Å². The fourth-order valence-corrected chi connectivity index (χ4v) is 4.48. The van der Waals surface area contributed by atoms with Crippen LogP contribution >= 0.6 is 0 Å². The van der Waals surface area contributed by atoms with Crippen molar-refractivity contribution >= 4 is 21.8 Å². The molecule has 144 valence electrons. The summed E-state index contributed by atoms with van der Waals surface area (Å²) >= 11 is 0. The molecular weight excluding hydrogens is 356 g/mol. The Kier molecular flexibility index (Phi) is 6.74. The lowest BCUT2D eigenvalue weighted by Gasteiger charge is -2.31. The number of nitrogens with two attached hydrogens (primary N) is 1. The van der Waals surface area contributed by atoms with Gasteiger partial charge in [0.2, 0.25) is 15.9 Å². The van der Waals surface area contributed by atoms with Gasteiger partial charge in [-0.3, -0.25) is 9.59 Å². The minimum Gasteiger partial charge on any atom is -0.355 e. The van der Waals surface area contributed by atoms with E-state index in [1.165, 1.54) is 21.3 Å². The van der Waals surface area contributed by atoms with E-state index in [1.54, 1.807) is 26.2 Å². The van der Waals surface area contributed by atoms with Gasteiger partial charge in [0.1, 0.15) is 0 Å². The van der Waals surface area contributed by atoms with Gasteiger partial charge >= 0.3 is 0 Å². The highest BCUT2D eigenvalue weighted by Crippen LogP contribution is 2.24. The first kappa shape index (κ1) is 20.3. The molecule has 1 saturated heterocycles. The summed E-state index contributed by atoms with van der Waals surface area (Å²) in [7, 11) is -0.553. The van der Waals surface area contributed by atoms with Crippen molar-refractivity contribution in [2.45, 2.75) is 17.7 Å². The summed E-state index contributed by atoms with van der Waals surface area (Å²) in [5, 5.41) is 2.71. The molecule has 1 aliphatic rings. The molecule has 3 N–H and O–H groups in total. The minimum atomic E-state index is -3.77. The second-order valence-electron chi connectivity index (χ2n) is 6.51. The van der Waals surface area contributed by atoms with Gasteiger partial charge in [-0.2, -0.15) is 4.31 Å². The maximum Gasteiger partial charge on any atom is 0.253 e. The Balaban J connectivity index is 2.20. The van der Waals surface area contributed by atoms with Gasteiger partial charge in [0, 0.05) is 45.8 Å². The molecule has 1 aromatic rings. The Hall–Kier alpha value is -1.97. The van der Waals surface area contributed by atoms with E-state index in [0.717, 1.165) is 0 Å². The van der Waals surface area contributed by atoms with Gasteiger partial charge in [-0.1, -0.05) is 6.07 Å². The SMILES string of the molecule is CN(C)C(=O)c1cccc(S(=O)(=O)N2CCCC(C(=O)NCCN)C2)c1. The van der Waals surface area contributed by atoms with Crippen molar-refractivity contribution in [1.82, 2.24) is 14.5 Å². The Morgan fingerprint density at radius 2 is 2.08 bits per heavy atom. The van der Waals surface area contributed by atoms with E-state index in [9.17, 15) is 18.0 Å². The molecule has 1 atom stereocenters. The third kappa shape index (κ3) is 4.60. The molecule has 0 radical (unpaired) electrons. The molecule has 0 aliphatic carbocycles. The Morgan fingerprint density at radius 3 is 2.73 bits per heavy atom. The van der Waals surface area contributed by atoms with E-state index in [2.05, 4.69) is 5.32 Å². The molecule has 1 fully saturated rings. The normalized spacial score (nSPS) is 18.3. The summed E-state index contributed by atoms with van der Waals surface area (Å²) in [4.78, 5) is 25.7. The lowest BCUT2D eigenvalue weighted by molar-refractivity contribution is -0.126. The first-order valence-corrected chi connectivity index (χ1v) is 10.0. The lowest BCUT2D eigenvalue weighted by atomic mass is 9.99. The van der Waals surface area contributed by atoms with Crippen LogP contribution in [0, 0.1) is 5.92 Å². The molecule has 0 spiro atoms. The molecule has 0 bridgehead atoms. The summed E-state index contributed by atoms with van der Waals surface area (Å²) in [5.41, 5.74) is 5.70. The molecule has 1 aliphatic heterocycles. The fourth-order valence-electron chi connectivity index (χ4n) is 2.91. The van der Waals surface area contributed by atoms with Crippen LogP contribution in [0.3, 0.4) is 0 Å². The fraction of sp³-hybridized carbons (Fsp3) is 0.529. The summed E-state index contributed by atoms with van der Waals surface area (Å²) in [6.45, 7) is 1.20. The van der Waals surface area contributed by atoms with Crippen LogP contribution in [-0.2, 0) is 14.8 Å². The van der Waals surface area contributed by atoms with Crippen LogP contribution in [0.1, 0.15) is 23.2 Å². The van der Waals surface area contributed by atoms with E-state index >= 15 is 0 Å². The number of sulfonamides is 1. The molecule has 9 heteroatoms. The van der Waals surface area contributed by atoms with E-state index in [4.69, 9.17) is 5.73 Å². The largest absolute Gasteiger partial charge is 0.355 e. The summed E-state index contributed by atoms with van der Waals surface area (Å²) < 4.78 is 27.2. The third-order valence-corrected chi connectivity index (χ3v) is 6.18. The number of nitrogens with zero attached hydrogens (tertiary/aromatic N) is 2. The quantitative estimate of drug-likeness (QED) is 0.711. The molecule has 0 saturated carbocycles. The van der Waals surface area contributed by atoms with Crippen molar-refractivity contribution < 1.29 is 18.0 Å². The molecular formula is C17H26N4O4S. The number of carbonyl (C=O) groups excluding carboxylic acids is 2. The average Bonchev–Trinajstić information content (AvgIpc) is 2.65. The number of nitrogens with one attached hydrogen (secondary N) is 1. The van der Waals surface area contributed by atoms with Gasteiger partial charge in [0.15, 0.2) is 0 Å². The zero-order chi connectivity index (χ0) is 19.3. The smallest absolute Gasteiger partial charge is 0.253 e. The van der Waals surface area contributed by atoms with Crippen molar-refractivity contribution in [1.29, 1.82) is 0 Å². The molecule has 1 unspecified atom stereocenters. The van der Waals surface area contributed by atoms with Gasteiger partial charge in [-0.05, 0) is 31.0 Å². The Bertz CT molecular complexity index is 764. The van der Waals surface area contributed by atoms with E-state index in [0.29, 0.717) is 38.0 Å². The van der Waals surface area contributed by atoms with Gasteiger partial charge in [-0.15, -0.1) is 0 Å². The van der Waals surface area contributed by atoms with Crippen molar-refractivity contribution in [3.63, 3.8) is 0 Å². The Morgan fingerprint density at radius 1 is 1.35 bits per heavy atom. The predicted octanol–water partition coefficient (Wildman–Crippen LogP) is -0.136. The first-order valence-electron chi connectivity index (χ1n) is 8.57. The van der Waals surface area contributed by atoms with Gasteiger partial charge in [-0.25, -0.2) is 8.42 Å². The first-order chi connectivity index (χ1) is 12.3. The molecule has 26 heavy (non-hydrogen) atoms. The van der Waals surface area contributed by atoms with Crippen molar-refractivity contribution in [2.24, 2.45) is 11.7 Å². The van der Waals surface area contributed by atoms with E-state index in [1.807, 2.05) is 0 Å². The van der Waals surface area contributed by atoms with Crippen LogP contribution in [0.25, 0.3) is 0 Å². The maximum atomic E-state index is 13.0. The molecule has 1 aromatic carbocycles. The van der Waals surface area contributed by atoms with Gasteiger partial charge in [0.05, 0.1) is 10.8 Å². The highest BCUT2D eigenvalue weighted by Gasteiger charge is 2.33. The lowest BCUT2D eigenvalue weighted by Crippen LogP contribution is -2.46. The number of carbonyl (C=O) groups is 2. The molecule has 8 nitrogen and oxygen atoms in total. The van der Waals surface area contributed by atoms with Crippen LogP contribution in [0.4, 0.5) is 0 Å². The van der Waals surface area contributed by atoms with E-state index < -0.39 is 15.9 Å². The number of amides is 2. The summed E-state index contributed by atoms with van der Waals surface area (Å²) in [5.74, 6) is -0.830. The van der Waals surface area contributed by atoms with Crippen LogP contribution in [0.2, 0.25) is 0 Å². The number of rotatable bonds is 6. The molecule has 2 rings (SSSR count). The standard InChI is InChI=1S/C17H26N4O4S/c1-20(2)17(23)13-5-3-7-15(11-13)26(24,25)21-10-4-6-14(12-21)16(22)19-9-8-18/h3,5,7,11,14H,4,6,8-10,12,18H2,1-2H3,(H,19,22). The highest BCUT2D eigenvalue weighted by molar-refractivity contribution is 7.89. The third-order valence-electron chi connectivity index (χ3n) is 4.32. The van der Waals surface area contributed by atoms with Crippen molar-refractivity contribution in [2.75, 3.05) is 40.3 Å². The molecule has 0 aromatic heterocycles. The summed E-state index contributed by atoms with van der Waals surface area (Å²) in [6, 6.07) is 6.00. The second kappa shape index (κ2) is 8.61. The van der Waals surface area contributed by atoms with Crippen molar-refractivity contribution in [3.05, 3.63) is 29.8 Å². The van der Waals surface area contributed by atoms with Crippen molar-refractivity contribution in [3.8, 4) is 0 Å². The Labute approximate surface area is 154 Å². The van der Waals surface area contributed by atoms with Crippen LogP contribution < -0.4 is 11.1 Å². The zero-order valence-electron chi connectivity index (χ0n) is 15.1. The van der Waals surface area contributed by atoms with Crippen LogP contribution in [-0.4, -0.2) is 69.7 Å². The topological polar surface area (TPSA) is 113 Å². The molecule has 1 heterocycles. The van der Waals surface area contributed by atoms with Crippen LogP contribution in [0.15, 0.2) is 29.2 Å². The second-order valence-corrected chi connectivity index (χ2v) is 8.45. The van der Waals surface area contributed by atoms with E-state index in [-0.39, 0.29) is 23.3 Å². The zero-order valence-corrected chi connectivity index (χ0v) is 16.0. The summed E-state index contributed by atoms with van der Waals surface area (Å²) in [6.07, 6.45) is 1.25. The number of hydrogen-bond acceptors (Lipinski definition) is 5. The number of piperidine rings is 1. The number of hydrogen-bond donors (Lipinski definition) is 2. The monoisotopic (exact) mass is 382 g/mol. The van der Waals surface area contributed by atoms with Crippen LogP contribution in [0.5, 0.6) is 0 Å². The number of benzene rings is 1. The maximum absolute atomic E-state index is 13.0. The highest BCUT2D eigenvalue weighted by atomic mass is 32.2.